The topological polar surface area (TPSA) is 38.0 Å². The molecule has 0 saturated heterocycles. The zero-order valence-corrected chi connectivity index (χ0v) is 10.4. The Bertz CT molecular complexity index is 337. The number of benzene rings is 1. The molecule has 0 saturated carbocycles. The lowest BCUT2D eigenvalue weighted by molar-refractivity contribution is 0.593. The van der Waals surface area contributed by atoms with E-state index in [0.29, 0.717) is 16.6 Å². The van der Waals surface area contributed by atoms with Crippen LogP contribution in [0.4, 0.5) is 11.4 Å². The van der Waals surface area contributed by atoms with Crippen LogP contribution in [0.15, 0.2) is 12.1 Å². The summed E-state index contributed by atoms with van der Waals surface area (Å²) in [6.07, 6.45) is 1.18. The molecule has 2 nitrogen and oxygen atoms in total. The fourth-order valence-electron chi connectivity index (χ4n) is 1.32. The Morgan fingerprint density at radius 2 is 2.13 bits per heavy atom. The number of anilines is 2. The Balaban J connectivity index is 2.73. The molecule has 0 spiro atoms. The maximum Gasteiger partial charge on any atom is 0.0656 e. The molecule has 1 unspecified atom stereocenters. The molecule has 1 atom stereocenters. The minimum Gasteiger partial charge on any atom is -0.398 e. The van der Waals surface area contributed by atoms with E-state index in [2.05, 4.69) is 19.2 Å². The molecule has 0 aliphatic heterocycles. The highest BCUT2D eigenvalue weighted by Crippen LogP contribution is 2.26. The predicted octanol–water partition coefficient (Wildman–Crippen LogP) is 3.69. The average molecular weight is 227 g/mol. The third-order valence-corrected chi connectivity index (χ3v) is 3.01. The van der Waals surface area contributed by atoms with Crippen LogP contribution in [-0.2, 0) is 0 Å². The van der Waals surface area contributed by atoms with Crippen LogP contribution in [0, 0.1) is 12.8 Å². The van der Waals surface area contributed by atoms with E-state index in [1.165, 1.54) is 6.42 Å². The van der Waals surface area contributed by atoms with Gasteiger partial charge in [-0.15, -0.1) is 0 Å². The molecule has 0 bridgehead atoms. The van der Waals surface area contributed by atoms with E-state index >= 15 is 0 Å². The van der Waals surface area contributed by atoms with E-state index < -0.39 is 0 Å². The highest BCUT2D eigenvalue weighted by Gasteiger charge is 2.04. The fraction of sp³-hybridized carbons (Fsp3) is 0.500. The lowest BCUT2D eigenvalue weighted by Gasteiger charge is -2.14. The lowest BCUT2D eigenvalue weighted by atomic mass is 10.1. The summed E-state index contributed by atoms with van der Waals surface area (Å²) in [7, 11) is 0. The first-order valence-corrected chi connectivity index (χ1v) is 5.71. The van der Waals surface area contributed by atoms with Crippen LogP contribution in [-0.4, -0.2) is 6.54 Å². The van der Waals surface area contributed by atoms with Crippen molar-refractivity contribution in [3.05, 3.63) is 22.7 Å². The number of halogens is 1. The molecule has 0 aliphatic rings. The molecule has 0 aliphatic carbocycles. The van der Waals surface area contributed by atoms with Crippen LogP contribution >= 0.6 is 11.6 Å². The van der Waals surface area contributed by atoms with Gasteiger partial charge in [0.05, 0.1) is 10.7 Å². The third-order valence-electron chi connectivity index (χ3n) is 2.68. The first-order chi connectivity index (χ1) is 7.04. The van der Waals surface area contributed by atoms with Gasteiger partial charge >= 0.3 is 0 Å². The summed E-state index contributed by atoms with van der Waals surface area (Å²) >= 11 is 5.97. The zero-order valence-electron chi connectivity index (χ0n) is 9.60. The van der Waals surface area contributed by atoms with Gasteiger partial charge in [-0.05, 0) is 30.5 Å². The number of nitrogen functional groups attached to an aromatic ring is 1. The SMILES string of the molecule is CCC(C)CNc1cc(Cl)c(N)cc1C. The first kappa shape index (κ1) is 12.2. The second kappa shape index (κ2) is 5.26. The Hall–Kier alpha value is -0.890. The molecule has 3 N–H and O–H groups in total. The first-order valence-electron chi connectivity index (χ1n) is 5.34. The number of aryl methyl sites for hydroxylation is 1. The van der Waals surface area contributed by atoms with Crippen molar-refractivity contribution < 1.29 is 0 Å². The van der Waals surface area contributed by atoms with Gasteiger partial charge in [0, 0.05) is 12.2 Å². The molecule has 0 amide bonds. The molecule has 15 heavy (non-hydrogen) atoms. The number of hydrogen-bond donors (Lipinski definition) is 2. The Morgan fingerprint density at radius 3 is 2.73 bits per heavy atom. The van der Waals surface area contributed by atoms with Gasteiger partial charge in [-0.25, -0.2) is 0 Å². The van der Waals surface area contributed by atoms with Crippen molar-refractivity contribution in [1.82, 2.24) is 0 Å². The van der Waals surface area contributed by atoms with Crippen molar-refractivity contribution in [1.29, 1.82) is 0 Å². The lowest BCUT2D eigenvalue weighted by Crippen LogP contribution is -2.11. The molecule has 1 aromatic rings. The molecular weight excluding hydrogens is 208 g/mol. The number of nitrogens with one attached hydrogen (secondary N) is 1. The number of nitrogens with two attached hydrogens (primary N) is 1. The van der Waals surface area contributed by atoms with Gasteiger partial charge in [0.2, 0.25) is 0 Å². The highest BCUT2D eigenvalue weighted by atomic mass is 35.5. The van der Waals surface area contributed by atoms with E-state index in [0.717, 1.165) is 17.8 Å². The quantitative estimate of drug-likeness (QED) is 0.769. The van der Waals surface area contributed by atoms with Crippen LogP contribution in [0.25, 0.3) is 0 Å². The van der Waals surface area contributed by atoms with Gasteiger partial charge in [-0.1, -0.05) is 31.9 Å². The van der Waals surface area contributed by atoms with Gasteiger partial charge < -0.3 is 11.1 Å². The van der Waals surface area contributed by atoms with E-state index in [1.807, 2.05) is 19.1 Å². The number of hydrogen-bond acceptors (Lipinski definition) is 2. The minimum atomic E-state index is 0.618. The molecule has 0 heterocycles. The summed E-state index contributed by atoms with van der Waals surface area (Å²) in [4.78, 5) is 0. The van der Waals surface area contributed by atoms with Crippen molar-refractivity contribution in [3.8, 4) is 0 Å². The van der Waals surface area contributed by atoms with Crippen molar-refractivity contribution in [2.24, 2.45) is 5.92 Å². The van der Waals surface area contributed by atoms with Crippen LogP contribution < -0.4 is 11.1 Å². The maximum atomic E-state index is 5.97. The van der Waals surface area contributed by atoms with Gasteiger partial charge in [0.15, 0.2) is 0 Å². The molecular formula is C12H19ClN2. The molecule has 1 aromatic carbocycles. The summed E-state index contributed by atoms with van der Waals surface area (Å²) in [5.41, 5.74) is 8.57. The van der Waals surface area contributed by atoms with Crippen LogP contribution in [0.3, 0.4) is 0 Å². The summed E-state index contributed by atoms with van der Waals surface area (Å²) in [6.45, 7) is 7.42. The zero-order chi connectivity index (χ0) is 11.4. The maximum absolute atomic E-state index is 5.97. The van der Waals surface area contributed by atoms with Crippen LogP contribution in [0.5, 0.6) is 0 Å². The van der Waals surface area contributed by atoms with Gasteiger partial charge in [0.1, 0.15) is 0 Å². The standard InChI is InChI=1S/C12H19ClN2/c1-4-8(2)7-15-12-6-10(13)11(14)5-9(12)3/h5-6,8,15H,4,7,14H2,1-3H3. The summed E-state index contributed by atoms with van der Waals surface area (Å²) in [5, 5.41) is 4.01. The summed E-state index contributed by atoms with van der Waals surface area (Å²) in [6, 6.07) is 3.80. The van der Waals surface area contributed by atoms with Crippen LogP contribution in [0.1, 0.15) is 25.8 Å². The number of rotatable bonds is 4. The summed E-state index contributed by atoms with van der Waals surface area (Å²) < 4.78 is 0. The Kier molecular flexibility index (Phi) is 4.28. The normalized spacial score (nSPS) is 12.5. The van der Waals surface area contributed by atoms with Crippen LogP contribution in [0.2, 0.25) is 5.02 Å². The van der Waals surface area contributed by atoms with E-state index in [1.54, 1.807) is 0 Å². The van der Waals surface area contributed by atoms with E-state index in [9.17, 15) is 0 Å². The van der Waals surface area contributed by atoms with Gasteiger partial charge in [-0.2, -0.15) is 0 Å². The smallest absolute Gasteiger partial charge is 0.0656 e. The molecule has 1 rings (SSSR count). The second-order valence-electron chi connectivity index (χ2n) is 4.08. The monoisotopic (exact) mass is 226 g/mol. The molecule has 0 aromatic heterocycles. The molecule has 3 heteroatoms. The fourth-order valence-corrected chi connectivity index (χ4v) is 1.49. The summed E-state index contributed by atoms with van der Waals surface area (Å²) in [5.74, 6) is 0.667. The third kappa shape index (κ3) is 3.31. The Morgan fingerprint density at radius 1 is 1.47 bits per heavy atom. The van der Waals surface area contributed by atoms with Crippen molar-refractivity contribution in [2.75, 3.05) is 17.6 Å². The Labute approximate surface area is 96.8 Å². The second-order valence-corrected chi connectivity index (χ2v) is 4.49. The molecule has 0 radical (unpaired) electrons. The van der Waals surface area contributed by atoms with E-state index in [-0.39, 0.29) is 0 Å². The van der Waals surface area contributed by atoms with E-state index in [4.69, 9.17) is 17.3 Å². The van der Waals surface area contributed by atoms with Crippen molar-refractivity contribution in [3.63, 3.8) is 0 Å². The molecule has 0 fully saturated rings. The van der Waals surface area contributed by atoms with Crippen molar-refractivity contribution in [2.45, 2.75) is 27.2 Å². The molecule has 84 valence electrons. The average Bonchev–Trinajstić information content (AvgIpc) is 2.21. The van der Waals surface area contributed by atoms with Gasteiger partial charge in [-0.3, -0.25) is 0 Å². The van der Waals surface area contributed by atoms with Crippen molar-refractivity contribution >= 4 is 23.0 Å². The minimum absolute atomic E-state index is 0.618. The van der Waals surface area contributed by atoms with Gasteiger partial charge in [0.25, 0.3) is 0 Å². The predicted molar refractivity (Wildman–Crippen MR) is 68.5 cm³/mol. The highest BCUT2D eigenvalue weighted by molar-refractivity contribution is 6.33. The largest absolute Gasteiger partial charge is 0.398 e.